The summed E-state index contributed by atoms with van der Waals surface area (Å²) in [5.74, 6) is 0. The number of aliphatic hydroxyl groups is 1. The summed E-state index contributed by atoms with van der Waals surface area (Å²) in [6, 6.07) is 0. The SMILES string of the molecule is C=CCC(=CCOCCCCC)CO. The highest BCUT2D eigenvalue weighted by atomic mass is 16.5. The fraction of sp³-hybridized carbons (Fsp3) is 0.667. The van der Waals surface area contributed by atoms with E-state index >= 15 is 0 Å². The lowest BCUT2D eigenvalue weighted by atomic mass is 10.2. The molecule has 0 aliphatic rings. The molecule has 0 aliphatic carbocycles. The zero-order valence-corrected chi connectivity index (χ0v) is 9.17. The molecular weight excluding hydrogens is 176 g/mol. The summed E-state index contributed by atoms with van der Waals surface area (Å²) in [4.78, 5) is 0. The molecule has 0 bridgehead atoms. The molecule has 0 aliphatic heterocycles. The average Bonchev–Trinajstić information content (AvgIpc) is 2.21. The largest absolute Gasteiger partial charge is 0.392 e. The lowest BCUT2D eigenvalue weighted by molar-refractivity contribution is 0.156. The van der Waals surface area contributed by atoms with Crippen LogP contribution in [-0.4, -0.2) is 24.9 Å². The molecule has 0 atom stereocenters. The zero-order valence-electron chi connectivity index (χ0n) is 9.17. The first-order valence-corrected chi connectivity index (χ1v) is 5.32. The van der Waals surface area contributed by atoms with E-state index in [9.17, 15) is 0 Å². The van der Waals surface area contributed by atoms with Gasteiger partial charge in [0, 0.05) is 6.61 Å². The highest BCUT2D eigenvalue weighted by Crippen LogP contribution is 2.01. The summed E-state index contributed by atoms with van der Waals surface area (Å²) in [6.07, 6.45) is 8.04. The molecule has 2 nitrogen and oxygen atoms in total. The minimum absolute atomic E-state index is 0.102. The van der Waals surface area contributed by atoms with E-state index in [-0.39, 0.29) is 6.61 Å². The number of unbranched alkanes of at least 4 members (excludes halogenated alkanes) is 2. The van der Waals surface area contributed by atoms with Gasteiger partial charge in [-0.1, -0.05) is 31.9 Å². The van der Waals surface area contributed by atoms with Crippen molar-refractivity contribution in [3.8, 4) is 0 Å². The molecule has 1 N–H and O–H groups in total. The number of aliphatic hydroxyl groups excluding tert-OH is 1. The molecule has 14 heavy (non-hydrogen) atoms. The van der Waals surface area contributed by atoms with Gasteiger partial charge in [0.05, 0.1) is 13.2 Å². The third-order valence-electron chi connectivity index (χ3n) is 1.99. The van der Waals surface area contributed by atoms with Gasteiger partial charge in [-0.15, -0.1) is 6.58 Å². The van der Waals surface area contributed by atoms with E-state index in [1.807, 2.05) is 6.08 Å². The van der Waals surface area contributed by atoms with Crippen molar-refractivity contribution < 1.29 is 9.84 Å². The summed E-state index contributed by atoms with van der Waals surface area (Å²) in [5, 5.41) is 8.93. The van der Waals surface area contributed by atoms with Crippen molar-refractivity contribution >= 4 is 0 Å². The molecule has 0 rings (SSSR count). The van der Waals surface area contributed by atoms with E-state index in [4.69, 9.17) is 9.84 Å². The van der Waals surface area contributed by atoms with Crippen molar-refractivity contribution in [1.82, 2.24) is 0 Å². The van der Waals surface area contributed by atoms with Gasteiger partial charge in [-0.25, -0.2) is 0 Å². The normalized spacial score (nSPS) is 11.7. The molecule has 0 heterocycles. The Hall–Kier alpha value is -0.600. The Kier molecular flexibility index (Phi) is 10.0. The van der Waals surface area contributed by atoms with E-state index in [2.05, 4.69) is 13.5 Å². The van der Waals surface area contributed by atoms with Crippen LogP contribution >= 0.6 is 0 Å². The number of ether oxygens (including phenoxy) is 1. The van der Waals surface area contributed by atoms with Crippen LogP contribution in [0.5, 0.6) is 0 Å². The second kappa shape index (κ2) is 10.5. The summed E-state index contributed by atoms with van der Waals surface area (Å²) in [6.45, 7) is 7.32. The second-order valence-corrected chi connectivity index (χ2v) is 3.30. The molecule has 0 fully saturated rings. The maximum Gasteiger partial charge on any atom is 0.0650 e. The monoisotopic (exact) mass is 198 g/mol. The van der Waals surface area contributed by atoms with Crippen molar-refractivity contribution in [1.29, 1.82) is 0 Å². The Morgan fingerprint density at radius 3 is 2.79 bits per heavy atom. The molecule has 2 heteroatoms. The topological polar surface area (TPSA) is 29.5 Å². The number of allylic oxidation sites excluding steroid dienone is 1. The first kappa shape index (κ1) is 13.4. The molecule has 0 aromatic rings. The Morgan fingerprint density at radius 2 is 2.21 bits per heavy atom. The highest BCUT2D eigenvalue weighted by molar-refractivity contribution is 5.06. The molecule has 0 radical (unpaired) electrons. The molecule has 0 spiro atoms. The molecule has 0 saturated carbocycles. The van der Waals surface area contributed by atoms with Crippen molar-refractivity contribution in [3.63, 3.8) is 0 Å². The third kappa shape index (κ3) is 8.02. The van der Waals surface area contributed by atoms with Crippen LogP contribution in [0.3, 0.4) is 0 Å². The minimum atomic E-state index is 0.102. The first-order valence-electron chi connectivity index (χ1n) is 5.32. The van der Waals surface area contributed by atoms with Crippen molar-refractivity contribution in [2.45, 2.75) is 32.6 Å². The van der Waals surface area contributed by atoms with Crippen molar-refractivity contribution in [2.75, 3.05) is 19.8 Å². The number of hydrogen-bond acceptors (Lipinski definition) is 2. The van der Waals surface area contributed by atoms with Gasteiger partial charge < -0.3 is 9.84 Å². The summed E-state index contributed by atoms with van der Waals surface area (Å²) in [7, 11) is 0. The third-order valence-corrected chi connectivity index (χ3v) is 1.99. The summed E-state index contributed by atoms with van der Waals surface area (Å²) >= 11 is 0. The first-order chi connectivity index (χ1) is 6.85. The van der Waals surface area contributed by atoms with Gasteiger partial charge in [-0.3, -0.25) is 0 Å². The lowest BCUT2D eigenvalue weighted by Crippen LogP contribution is -1.97. The average molecular weight is 198 g/mol. The van der Waals surface area contributed by atoms with Crippen LogP contribution in [0.4, 0.5) is 0 Å². The molecule has 0 amide bonds. The molecular formula is C12H22O2. The van der Waals surface area contributed by atoms with E-state index in [1.165, 1.54) is 12.8 Å². The van der Waals surface area contributed by atoms with Gasteiger partial charge in [0.25, 0.3) is 0 Å². The van der Waals surface area contributed by atoms with Crippen LogP contribution in [0.2, 0.25) is 0 Å². The fourth-order valence-corrected chi connectivity index (χ4v) is 1.11. The summed E-state index contributed by atoms with van der Waals surface area (Å²) in [5.41, 5.74) is 0.982. The van der Waals surface area contributed by atoms with Crippen LogP contribution in [-0.2, 0) is 4.74 Å². The smallest absolute Gasteiger partial charge is 0.0650 e. The Morgan fingerprint density at radius 1 is 1.43 bits per heavy atom. The van der Waals surface area contributed by atoms with E-state index in [0.29, 0.717) is 6.61 Å². The molecule has 0 aromatic carbocycles. The van der Waals surface area contributed by atoms with Gasteiger partial charge in [-0.05, 0) is 18.4 Å². The maximum atomic E-state index is 8.93. The predicted molar refractivity (Wildman–Crippen MR) is 60.3 cm³/mol. The van der Waals surface area contributed by atoms with Gasteiger partial charge in [0.15, 0.2) is 0 Å². The zero-order chi connectivity index (χ0) is 10.6. The number of hydrogen-bond donors (Lipinski definition) is 1. The van der Waals surface area contributed by atoms with Crippen LogP contribution in [0.1, 0.15) is 32.6 Å². The predicted octanol–water partition coefficient (Wildman–Crippen LogP) is 2.69. The van der Waals surface area contributed by atoms with Gasteiger partial charge in [0.1, 0.15) is 0 Å². The van der Waals surface area contributed by atoms with Crippen LogP contribution in [0.15, 0.2) is 24.3 Å². The quantitative estimate of drug-likeness (QED) is 0.456. The molecule has 82 valence electrons. The summed E-state index contributed by atoms with van der Waals surface area (Å²) < 4.78 is 5.39. The van der Waals surface area contributed by atoms with Gasteiger partial charge in [0.2, 0.25) is 0 Å². The lowest BCUT2D eigenvalue weighted by Gasteiger charge is -2.02. The standard InChI is InChI=1S/C12H22O2/c1-3-5-6-9-14-10-8-12(11-13)7-4-2/h4,8,13H,2-3,5-7,9-11H2,1H3. The fourth-order valence-electron chi connectivity index (χ4n) is 1.11. The van der Waals surface area contributed by atoms with Crippen LogP contribution in [0, 0.1) is 0 Å². The van der Waals surface area contributed by atoms with Crippen LogP contribution in [0.25, 0.3) is 0 Å². The molecule has 0 aromatic heterocycles. The Labute approximate surface area is 87.3 Å². The molecule has 0 unspecified atom stereocenters. The highest BCUT2D eigenvalue weighted by Gasteiger charge is 1.91. The minimum Gasteiger partial charge on any atom is -0.392 e. The van der Waals surface area contributed by atoms with Crippen LogP contribution < -0.4 is 0 Å². The van der Waals surface area contributed by atoms with Gasteiger partial charge in [-0.2, -0.15) is 0 Å². The van der Waals surface area contributed by atoms with E-state index < -0.39 is 0 Å². The van der Waals surface area contributed by atoms with E-state index in [1.54, 1.807) is 6.08 Å². The van der Waals surface area contributed by atoms with Crippen molar-refractivity contribution in [3.05, 3.63) is 24.3 Å². The second-order valence-electron chi connectivity index (χ2n) is 3.30. The van der Waals surface area contributed by atoms with Gasteiger partial charge >= 0.3 is 0 Å². The Bertz CT molecular complexity index is 162. The number of rotatable bonds is 9. The van der Waals surface area contributed by atoms with Crippen molar-refractivity contribution in [2.24, 2.45) is 0 Å². The molecule has 0 saturated heterocycles. The maximum absolute atomic E-state index is 8.93. The Balaban J connectivity index is 3.42. The van der Waals surface area contributed by atoms with E-state index in [0.717, 1.165) is 25.0 Å².